The fourth-order valence-corrected chi connectivity index (χ4v) is 3.82. The van der Waals surface area contributed by atoms with Gasteiger partial charge < -0.3 is 10.1 Å². The highest BCUT2D eigenvalue weighted by molar-refractivity contribution is 7.99. The van der Waals surface area contributed by atoms with Gasteiger partial charge in [-0.3, -0.25) is 9.36 Å². The molecule has 9 heteroatoms. The summed E-state index contributed by atoms with van der Waals surface area (Å²) in [6.45, 7) is 2.84. The summed E-state index contributed by atoms with van der Waals surface area (Å²) in [4.78, 5) is 12.4. The lowest BCUT2D eigenvalue weighted by Gasteiger charge is -2.22. The number of carbonyl (C=O) groups excluding carboxylic acids is 1. The van der Waals surface area contributed by atoms with E-state index in [2.05, 4.69) is 21.6 Å². The van der Waals surface area contributed by atoms with Crippen LogP contribution in [0.15, 0.2) is 29.4 Å². The Morgan fingerprint density at radius 3 is 2.75 bits per heavy atom. The van der Waals surface area contributed by atoms with Crippen LogP contribution in [0.4, 0.5) is 0 Å². The van der Waals surface area contributed by atoms with Crippen LogP contribution in [-0.4, -0.2) is 45.7 Å². The molecule has 0 saturated heterocycles. The molecule has 0 aliphatic heterocycles. The highest BCUT2D eigenvalue weighted by atomic mass is 35.5. The first-order valence-electron chi connectivity index (χ1n) is 9.00. The van der Waals surface area contributed by atoms with Crippen molar-refractivity contribution in [2.45, 2.75) is 37.0 Å². The highest BCUT2D eigenvalue weighted by Crippen LogP contribution is 2.39. The molecular weight excluding hydrogens is 398 g/mol. The van der Waals surface area contributed by atoms with Gasteiger partial charge in [0.25, 0.3) is 0 Å². The van der Waals surface area contributed by atoms with Crippen molar-refractivity contribution in [2.24, 2.45) is 5.92 Å². The number of benzene rings is 1. The summed E-state index contributed by atoms with van der Waals surface area (Å²) in [5.41, 5.74) is 0.0885. The minimum Gasteiger partial charge on any atom is -0.383 e. The first kappa shape index (κ1) is 20.6. The van der Waals surface area contributed by atoms with E-state index in [4.69, 9.17) is 16.3 Å². The van der Waals surface area contributed by atoms with E-state index in [1.807, 2.05) is 16.7 Å². The van der Waals surface area contributed by atoms with E-state index in [0.29, 0.717) is 29.2 Å². The molecule has 0 spiro atoms. The smallest absolute Gasteiger partial charge is 0.231 e. The minimum atomic E-state index is -0.796. The number of carbonyl (C=O) groups is 1. The fourth-order valence-electron chi connectivity index (χ4n) is 2.93. The molecule has 148 valence electrons. The van der Waals surface area contributed by atoms with Crippen molar-refractivity contribution < 1.29 is 9.53 Å². The molecule has 2 aromatic rings. The minimum absolute atomic E-state index is 0.162. The van der Waals surface area contributed by atoms with Gasteiger partial charge in [0, 0.05) is 17.7 Å². The first-order valence-corrected chi connectivity index (χ1v) is 10.4. The second kappa shape index (κ2) is 8.95. The maximum absolute atomic E-state index is 12.4. The van der Waals surface area contributed by atoms with Gasteiger partial charge in [-0.2, -0.15) is 5.26 Å². The number of hydrogen-bond acceptors (Lipinski definition) is 6. The summed E-state index contributed by atoms with van der Waals surface area (Å²) in [5.74, 6) is 0.912. The summed E-state index contributed by atoms with van der Waals surface area (Å²) in [7, 11) is 1.63. The molecule has 1 fully saturated rings. The monoisotopic (exact) mass is 419 g/mol. The predicted octanol–water partition coefficient (Wildman–Crippen LogP) is 3.15. The summed E-state index contributed by atoms with van der Waals surface area (Å²) >= 11 is 7.26. The summed E-state index contributed by atoms with van der Waals surface area (Å²) < 4.78 is 7.12. The van der Waals surface area contributed by atoms with E-state index in [1.54, 1.807) is 26.2 Å². The van der Waals surface area contributed by atoms with Crippen LogP contribution in [0, 0.1) is 17.2 Å². The Hall–Kier alpha value is -2.08. The SMILES string of the molecule is COCCn1c(SCC(=O)N[C@@](C)(C#N)C2CC2)nnc1-c1ccc(Cl)cc1. The van der Waals surface area contributed by atoms with Crippen molar-refractivity contribution in [3.05, 3.63) is 29.3 Å². The molecule has 3 rings (SSSR count). The molecule has 28 heavy (non-hydrogen) atoms. The Balaban J connectivity index is 1.71. The zero-order valence-corrected chi connectivity index (χ0v) is 17.4. The van der Waals surface area contributed by atoms with E-state index in [0.717, 1.165) is 18.4 Å². The lowest BCUT2D eigenvalue weighted by molar-refractivity contribution is -0.119. The van der Waals surface area contributed by atoms with Gasteiger partial charge in [0.2, 0.25) is 5.91 Å². The molecule has 0 radical (unpaired) electrons. The number of amides is 1. The molecule has 1 atom stereocenters. The number of rotatable bonds is 9. The number of hydrogen-bond donors (Lipinski definition) is 1. The Bertz CT molecular complexity index is 875. The fraction of sp³-hybridized carbons (Fsp3) is 0.474. The zero-order chi connectivity index (χ0) is 20.1. The average molecular weight is 420 g/mol. The normalized spacial score (nSPS) is 15.6. The first-order chi connectivity index (χ1) is 13.5. The van der Waals surface area contributed by atoms with Gasteiger partial charge in [-0.25, -0.2) is 0 Å². The van der Waals surface area contributed by atoms with Crippen LogP contribution < -0.4 is 5.32 Å². The van der Waals surface area contributed by atoms with Gasteiger partial charge in [0.15, 0.2) is 11.0 Å². The largest absolute Gasteiger partial charge is 0.383 e. The van der Waals surface area contributed by atoms with E-state index in [1.165, 1.54) is 11.8 Å². The number of methoxy groups -OCH3 is 1. The van der Waals surface area contributed by atoms with Crippen LogP contribution in [-0.2, 0) is 16.1 Å². The van der Waals surface area contributed by atoms with Crippen LogP contribution in [0.2, 0.25) is 5.02 Å². The van der Waals surface area contributed by atoms with Crippen molar-refractivity contribution in [1.82, 2.24) is 20.1 Å². The molecule has 1 aromatic carbocycles. The molecule has 1 saturated carbocycles. The van der Waals surface area contributed by atoms with Gasteiger partial charge in [-0.15, -0.1) is 10.2 Å². The van der Waals surface area contributed by atoms with Gasteiger partial charge >= 0.3 is 0 Å². The van der Waals surface area contributed by atoms with Crippen LogP contribution in [0.1, 0.15) is 19.8 Å². The van der Waals surface area contributed by atoms with E-state index >= 15 is 0 Å². The number of ether oxygens (including phenoxy) is 1. The van der Waals surface area contributed by atoms with E-state index in [9.17, 15) is 10.1 Å². The molecule has 0 unspecified atom stereocenters. The van der Waals surface area contributed by atoms with Crippen molar-refractivity contribution in [3.8, 4) is 17.5 Å². The lowest BCUT2D eigenvalue weighted by atomic mass is 9.98. The molecule has 1 heterocycles. The number of aromatic nitrogens is 3. The number of thioether (sulfide) groups is 1. The molecular formula is C19H22ClN5O2S. The molecule has 1 aliphatic rings. The van der Waals surface area contributed by atoms with E-state index in [-0.39, 0.29) is 17.6 Å². The zero-order valence-electron chi connectivity index (χ0n) is 15.8. The lowest BCUT2D eigenvalue weighted by Crippen LogP contribution is -2.47. The standard InChI is InChI=1S/C19H22ClN5O2S/c1-19(12-21,14-5-6-14)22-16(26)11-28-18-24-23-17(25(18)9-10-27-2)13-3-7-15(20)8-4-13/h3-4,7-8,14H,5-6,9-11H2,1-2H3,(H,22,26)/t19-/m0/s1. The van der Waals surface area contributed by atoms with Crippen molar-refractivity contribution in [1.29, 1.82) is 5.26 Å². The number of nitriles is 1. The molecule has 7 nitrogen and oxygen atoms in total. The Labute approximate surface area is 173 Å². The van der Waals surface area contributed by atoms with Crippen LogP contribution in [0.3, 0.4) is 0 Å². The molecule has 0 bridgehead atoms. The van der Waals surface area contributed by atoms with Crippen LogP contribution >= 0.6 is 23.4 Å². The third-order valence-electron chi connectivity index (χ3n) is 4.70. The molecule has 1 aromatic heterocycles. The van der Waals surface area contributed by atoms with Crippen LogP contribution in [0.5, 0.6) is 0 Å². The highest BCUT2D eigenvalue weighted by Gasteiger charge is 2.42. The average Bonchev–Trinajstić information content (AvgIpc) is 3.47. The van der Waals surface area contributed by atoms with Gasteiger partial charge in [0.1, 0.15) is 5.54 Å². The maximum Gasteiger partial charge on any atom is 0.231 e. The third kappa shape index (κ3) is 4.85. The molecule has 1 amide bonds. The quantitative estimate of drug-likeness (QED) is 0.627. The van der Waals surface area contributed by atoms with E-state index < -0.39 is 5.54 Å². The number of halogens is 1. The van der Waals surface area contributed by atoms with Crippen molar-refractivity contribution >= 4 is 29.3 Å². The van der Waals surface area contributed by atoms with Crippen molar-refractivity contribution in [3.63, 3.8) is 0 Å². The van der Waals surface area contributed by atoms with Gasteiger partial charge in [-0.05, 0) is 49.9 Å². The van der Waals surface area contributed by atoms with Gasteiger partial charge in [-0.1, -0.05) is 23.4 Å². The topological polar surface area (TPSA) is 92.8 Å². The number of nitrogens with zero attached hydrogens (tertiary/aromatic N) is 4. The Morgan fingerprint density at radius 2 is 2.14 bits per heavy atom. The number of nitrogens with one attached hydrogen (secondary N) is 1. The second-order valence-corrected chi connectivity index (χ2v) is 8.26. The Morgan fingerprint density at radius 1 is 1.43 bits per heavy atom. The molecule has 1 N–H and O–H groups in total. The second-order valence-electron chi connectivity index (χ2n) is 6.88. The summed E-state index contributed by atoms with van der Waals surface area (Å²) in [6, 6.07) is 9.59. The van der Waals surface area contributed by atoms with Crippen molar-refractivity contribution in [2.75, 3.05) is 19.5 Å². The maximum atomic E-state index is 12.4. The van der Waals surface area contributed by atoms with Crippen LogP contribution in [0.25, 0.3) is 11.4 Å². The Kier molecular flexibility index (Phi) is 6.60. The summed E-state index contributed by atoms with van der Waals surface area (Å²) in [6.07, 6.45) is 1.96. The summed E-state index contributed by atoms with van der Waals surface area (Å²) in [5, 5.41) is 22.1. The third-order valence-corrected chi connectivity index (χ3v) is 5.91. The molecule has 1 aliphatic carbocycles. The predicted molar refractivity (Wildman–Crippen MR) is 108 cm³/mol. The van der Waals surface area contributed by atoms with Gasteiger partial charge in [0.05, 0.1) is 25.0 Å².